The summed E-state index contributed by atoms with van der Waals surface area (Å²) in [5.74, 6) is 0.434. The molecule has 1 aromatic carbocycles. The van der Waals surface area contributed by atoms with Crippen molar-refractivity contribution in [3.8, 4) is 0 Å². The topological polar surface area (TPSA) is 58.5 Å². The molecule has 0 radical (unpaired) electrons. The fourth-order valence-corrected chi connectivity index (χ4v) is 4.05. The molecular formula is C13H12N2O2S2. The minimum absolute atomic E-state index is 0.302. The molecule has 98 valence electrons. The molecule has 0 unspecified atom stereocenters. The Morgan fingerprint density at radius 1 is 1.26 bits per heavy atom. The average molecular weight is 292 g/mol. The van der Waals surface area contributed by atoms with Gasteiger partial charge in [0.25, 0.3) is 10.0 Å². The van der Waals surface area contributed by atoms with Crippen molar-refractivity contribution in [3.05, 3.63) is 51.7 Å². The predicted molar refractivity (Wildman–Crippen MR) is 76.1 cm³/mol. The molecule has 4 nitrogen and oxygen atoms in total. The van der Waals surface area contributed by atoms with Gasteiger partial charge < -0.3 is 0 Å². The highest BCUT2D eigenvalue weighted by atomic mass is 32.2. The van der Waals surface area contributed by atoms with Crippen molar-refractivity contribution in [1.82, 2.24) is 4.72 Å². The number of fused-ring (bicyclic) bond motifs is 1. The molecule has 19 heavy (non-hydrogen) atoms. The average Bonchev–Trinajstić information content (AvgIpc) is 2.90. The Kier molecular flexibility index (Phi) is 2.91. The van der Waals surface area contributed by atoms with Gasteiger partial charge in [-0.2, -0.15) is 0 Å². The van der Waals surface area contributed by atoms with Gasteiger partial charge in [0, 0.05) is 10.4 Å². The van der Waals surface area contributed by atoms with Crippen LogP contribution in [0.25, 0.3) is 0 Å². The third-order valence-electron chi connectivity index (χ3n) is 3.01. The summed E-state index contributed by atoms with van der Waals surface area (Å²) < 4.78 is 26.3. The molecule has 3 rings (SSSR count). The summed E-state index contributed by atoms with van der Waals surface area (Å²) >= 11 is 1.63. The lowest BCUT2D eigenvalue weighted by atomic mass is 10.2. The van der Waals surface area contributed by atoms with Crippen molar-refractivity contribution in [1.29, 1.82) is 0 Å². The van der Waals surface area contributed by atoms with Gasteiger partial charge in [0.05, 0.1) is 11.4 Å². The molecule has 0 atom stereocenters. The van der Waals surface area contributed by atoms with Gasteiger partial charge in [-0.15, -0.1) is 11.3 Å². The first kappa shape index (κ1) is 12.4. The lowest BCUT2D eigenvalue weighted by molar-refractivity contribution is 0.595. The molecular weight excluding hydrogens is 280 g/mol. The normalized spacial score (nSPS) is 18.3. The number of hydrogen-bond donors (Lipinski definition) is 1. The number of nitrogens with one attached hydrogen (secondary N) is 1. The number of benzene rings is 1. The molecule has 1 aliphatic rings. The van der Waals surface area contributed by atoms with Gasteiger partial charge in [-0.1, -0.05) is 12.1 Å². The first-order chi connectivity index (χ1) is 9.08. The van der Waals surface area contributed by atoms with Gasteiger partial charge in [0.1, 0.15) is 5.84 Å². The monoisotopic (exact) mass is 292 g/mol. The zero-order valence-corrected chi connectivity index (χ0v) is 11.9. The molecule has 2 heterocycles. The van der Waals surface area contributed by atoms with Crippen LogP contribution in [-0.4, -0.2) is 14.3 Å². The number of rotatable bonds is 2. The van der Waals surface area contributed by atoms with Crippen LogP contribution in [0.1, 0.15) is 16.0 Å². The molecule has 1 aromatic heterocycles. The third kappa shape index (κ3) is 2.17. The number of aliphatic imine (C=N–C) groups is 1. The van der Waals surface area contributed by atoms with Gasteiger partial charge >= 0.3 is 0 Å². The Morgan fingerprint density at radius 3 is 2.79 bits per heavy atom. The van der Waals surface area contributed by atoms with E-state index in [-0.39, 0.29) is 0 Å². The zero-order valence-electron chi connectivity index (χ0n) is 10.3. The van der Waals surface area contributed by atoms with E-state index in [1.807, 2.05) is 24.4 Å². The van der Waals surface area contributed by atoms with Crippen LogP contribution in [0.2, 0.25) is 0 Å². The standard InChI is InChI=1S/C13H12N2O2S2/c1-9-6-7-18-11(9)8-14-13-10-4-2-3-5-12(10)19(16,17)15-13/h2-7H,8H2,1H3,(H,14,15). The van der Waals surface area contributed by atoms with E-state index in [2.05, 4.69) is 9.71 Å². The molecule has 1 N–H and O–H groups in total. The van der Waals surface area contributed by atoms with Gasteiger partial charge in [0.15, 0.2) is 0 Å². The maximum Gasteiger partial charge on any atom is 0.263 e. The number of hydrogen-bond acceptors (Lipinski definition) is 4. The Hall–Kier alpha value is -1.66. The summed E-state index contributed by atoms with van der Waals surface area (Å²) in [6.45, 7) is 2.52. The summed E-state index contributed by atoms with van der Waals surface area (Å²) in [6.07, 6.45) is 0. The Bertz CT molecular complexity index is 760. The second-order valence-electron chi connectivity index (χ2n) is 4.29. The molecule has 0 fully saturated rings. The summed E-state index contributed by atoms with van der Waals surface area (Å²) in [6, 6.07) is 8.92. The minimum atomic E-state index is -3.43. The van der Waals surface area contributed by atoms with E-state index in [4.69, 9.17) is 0 Å². The van der Waals surface area contributed by atoms with E-state index in [0.29, 0.717) is 22.8 Å². The highest BCUT2D eigenvalue weighted by Gasteiger charge is 2.29. The van der Waals surface area contributed by atoms with Crippen molar-refractivity contribution in [3.63, 3.8) is 0 Å². The van der Waals surface area contributed by atoms with E-state index in [1.54, 1.807) is 29.5 Å². The Balaban J connectivity index is 1.98. The van der Waals surface area contributed by atoms with Crippen molar-refractivity contribution in [2.45, 2.75) is 18.4 Å². The third-order valence-corrected chi connectivity index (χ3v) is 5.42. The van der Waals surface area contributed by atoms with Gasteiger partial charge in [-0.3, -0.25) is 9.71 Å². The quantitative estimate of drug-likeness (QED) is 0.923. The van der Waals surface area contributed by atoms with Crippen LogP contribution in [0.15, 0.2) is 45.6 Å². The minimum Gasteiger partial charge on any atom is -0.263 e. The molecule has 0 saturated carbocycles. The Morgan fingerprint density at radius 2 is 2.05 bits per heavy atom. The molecule has 0 aliphatic carbocycles. The number of thiophene rings is 1. The molecule has 2 aromatic rings. The van der Waals surface area contributed by atoms with Gasteiger partial charge in [-0.25, -0.2) is 8.42 Å². The molecule has 0 saturated heterocycles. The highest BCUT2D eigenvalue weighted by molar-refractivity contribution is 7.90. The lowest BCUT2D eigenvalue weighted by Crippen LogP contribution is -2.22. The molecule has 1 aliphatic heterocycles. The highest BCUT2D eigenvalue weighted by Crippen LogP contribution is 2.23. The first-order valence-corrected chi connectivity index (χ1v) is 8.14. The zero-order chi connectivity index (χ0) is 13.5. The van der Waals surface area contributed by atoms with Crippen LogP contribution in [0.5, 0.6) is 0 Å². The predicted octanol–water partition coefficient (Wildman–Crippen LogP) is 2.30. The van der Waals surface area contributed by atoms with Crippen LogP contribution in [0.4, 0.5) is 0 Å². The van der Waals surface area contributed by atoms with Crippen molar-refractivity contribution in [2.75, 3.05) is 0 Å². The summed E-state index contributed by atoms with van der Waals surface area (Å²) in [7, 11) is -3.43. The maximum atomic E-state index is 11.9. The number of nitrogens with zero attached hydrogens (tertiary/aromatic N) is 1. The smallest absolute Gasteiger partial charge is 0.263 e. The van der Waals surface area contributed by atoms with E-state index >= 15 is 0 Å². The fourth-order valence-electron chi connectivity index (χ4n) is 1.97. The van der Waals surface area contributed by atoms with Crippen LogP contribution in [-0.2, 0) is 16.6 Å². The van der Waals surface area contributed by atoms with Crippen molar-refractivity contribution < 1.29 is 8.42 Å². The molecule has 0 spiro atoms. The molecule has 0 bridgehead atoms. The van der Waals surface area contributed by atoms with Gasteiger partial charge in [0.2, 0.25) is 0 Å². The number of amidine groups is 1. The van der Waals surface area contributed by atoms with Crippen LogP contribution in [0.3, 0.4) is 0 Å². The molecule has 0 amide bonds. The SMILES string of the molecule is Cc1ccsc1CN=C1NS(=O)(=O)c2ccccc21. The van der Waals surface area contributed by atoms with Crippen molar-refractivity contribution >= 4 is 27.2 Å². The fraction of sp³-hybridized carbons (Fsp3) is 0.154. The van der Waals surface area contributed by atoms with E-state index in [1.165, 1.54) is 5.56 Å². The second-order valence-corrected chi connectivity index (χ2v) is 6.94. The largest absolute Gasteiger partial charge is 0.263 e. The van der Waals surface area contributed by atoms with Crippen molar-refractivity contribution in [2.24, 2.45) is 4.99 Å². The van der Waals surface area contributed by atoms with Gasteiger partial charge in [-0.05, 0) is 36.1 Å². The van der Waals surface area contributed by atoms with E-state index in [0.717, 1.165) is 4.88 Å². The van der Waals surface area contributed by atoms with Crippen LogP contribution in [0, 0.1) is 6.92 Å². The summed E-state index contributed by atoms with van der Waals surface area (Å²) in [4.78, 5) is 5.85. The summed E-state index contributed by atoms with van der Waals surface area (Å²) in [5, 5.41) is 2.01. The summed E-state index contributed by atoms with van der Waals surface area (Å²) in [5.41, 5.74) is 1.83. The maximum absolute atomic E-state index is 11.9. The molecule has 6 heteroatoms. The van der Waals surface area contributed by atoms with E-state index < -0.39 is 10.0 Å². The van der Waals surface area contributed by atoms with Crippen LogP contribution < -0.4 is 4.72 Å². The lowest BCUT2D eigenvalue weighted by Gasteiger charge is -1.99. The van der Waals surface area contributed by atoms with Crippen LogP contribution >= 0.6 is 11.3 Å². The Labute approximate surface area is 115 Å². The first-order valence-electron chi connectivity index (χ1n) is 5.77. The van der Waals surface area contributed by atoms with E-state index in [9.17, 15) is 8.42 Å². The number of sulfonamides is 1. The number of aryl methyl sites for hydroxylation is 1. The second kappa shape index (κ2) is 4.47.